The molecule has 0 fully saturated rings. The molecule has 0 bridgehead atoms. The predicted octanol–water partition coefficient (Wildman–Crippen LogP) is 4.74. The molecule has 5 heteroatoms. The minimum absolute atomic E-state index is 0. The molecule has 2 N–H and O–H groups in total. The molecule has 0 aliphatic carbocycles. The van der Waals surface area contributed by atoms with E-state index in [1.54, 1.807) is 17.8 Å². The van der Waals surface area contributed by atoms with Crippen LogP contribution in [-0.4, -0.2) is 23.9 Å². The third kappa shape index (κ3) is 6.74. The smallest absolute Gasteiger partial charge is 0.0914 e. The minimum Gasteiger partial charge on any atom is -0.387 e. The summed E-state index contributed by atoms with van der Waals surface area (Å²) in [5.41, 5.74) is 2.14. The van der Waals surface area contributed by atoms with E-state index < -0.39 is 6.10 Å². The van der Waals surface area contributed by atoms with Crippen molar-refractivity contribution in [2.45, 2.75) is 30.4 Å². The zero-order valence-corrected chi connectivity index (χ0v) is 15.7. The molecule has 2 aromatic rings. The van der Waals surface area contributed by atoms with Crippen LogP contribution in [-0.2, 0) is 6.42 Å². The fourth-order valence-corrected chi connectivity index (χ4v) is 2.94. The molecule has 2 aromatic carbocycles. The van der Waals surface area contributed by atoms with E-state index in [-0.39, 0.29) is 12.4 Å². The topological polar surface area (TPSA) is 32.3 Å². The second-order valence-corrected chi connectivity index (χ2v) is 6.75. The summed E-state index contributed by atoms with van der Waals surface area (Å²) in [5.74, 6) is 0. The van der Waals surface area contributed by atoms with E-state index in [1.165, 1.54) is 10.5 Å². The van der Waals surface area contributed by atoms with Gasteiger partial charge in [-0.1, -0.05) is 35.9 Å². The summed E-state index contributed by atoms with van der Waals surface area (Å²) >= 11 is 7.70. The summed E-state index contributed by atoms with van der Waals surface area (Å²) in [6.45, 7) is 2.65. The summed E-state index contributed by atoms with van der Waals surface area (Å²) in [4.78, 5) is 1.28. The highest BCUT2D eigenvalue weighted by Crippen LogP contribution is 2.18. The van der Waals surface area contributed by atoms with Gasteiger partial charge in [0, 0.05) is 22.5 Å². The highest BCUT2D eigenvalue weighted by Gasteiger charge is 2.10. The number of hydrogen-bond acceptors (Lipinski definition) is 3. The number of aliphatic hydroxyl groups excluding tert-OH is 1. The van der Waals surface area contributed by atoms with Gasteiger partial charge in [0.25, 0.3) is 0 Å². The Morgan fingerprint density at radius 1 is 1.17 bits per heavy atom. The molecule has 2 atom stereocenters. The van der Waals surface area contributed by atoms with Crippen LogP contribution in [0.25, 0.3) is 0 Å². The molecule has 2 rings (SSSR count). The Kier molecular flexibility index (Phi) is 9.03. The van der Waals surface area contributed by atoms with Gasteiger partial charge < -0.3 is 10.4 Å². The van der Waals surface area contributed by atoms with Gasteiger partial charge in [0.2, 0.25) is 0 Å². The van der Waals surface area contributed by atoms with Gasteiger partial charge in [-0.2, -0.15) is 0 Å². The lowest BCUT2D eigenvalue weighted by Gasteiger charge is -2.18. The first-order valence-corrected chi connectivity index (χ1v) is 8.98. The average Bonchev–Trinajstić information content (AvgIpc) is 2.53. The highest BCUT2D eigenvalue weighted by atomic mass is 35.5. The number of nitrogens with one attached hydrogen (secondary N) is 1. The molecular formula is C18H23Cl2NOS. The molecule has 0 saturated carbocycles. The average molecular weight is 372 g/mol. The lowest BCUT2D eigenvalue weighted by Crippen LogP contribution is -2.32. The van der Waals surface area contributed by atoms with Gasteiger partial charge in [0.05, 0.1) is 6.10 Å². The number of rotatable bonds is 7. The molecule has 0 aromatic heterocycles. The van der Waals surface area contributed by atoms with Gasteiger partial charge in [-0.15, -0.1) is 24.2 Å². The summed E-state index contributed by atoms with van der Waals surface area (Å²) in [6.07, 6.45) is 2.48. The predicted molar refractivity (Wildman–Crippen MR) is 103 cm³/mol. The van der Waals surface area contributed by atoms with Crippen LogP contribution in [0.2, 0.25) is 5.02 Å². The van der Waals surface area contributed by atoms with Crippen molar-refractivity contribution in [3.63, 3.8) is 0 Å². The van der Waals surface area contributed by atoms with Gasteiger partial charge in [0.1, 0.15) is 0 Å². The number of halogens is 2. The second kappa shape index (κ2) is 10.2. The Bertz CT molecular complexity index is 592. The molecule has 126 valence electrons. The Balaban J connectivity index is 0.00000264. The molecule has 0 unspecified atom stereocenters. The van der Waals surface area contributed by atoms with Crippen molar-refractivity contribution >= 4 is 35.8 Å². The minimum atomic E-state index is -0.542. The van der Waals surface area contributed by atoms with Crippen molar-refractivity contribution < 1.29 is 5.11 Å². The normalized spacial score (nSPS) is 13.2. The Hall–Kier alpha value is -0.710. The maximum Gasteiger partial charge on any atom is 0.0914 e. The third-order valence-corrected chi connectivity index (χ3v) is 4.57. The standard InChI is InChI=1S/C18H22ClNOS.ClH/c1-13(10-14-6-8-17(22-2)9-7-14)20-12-18(21)15-4-3-5-16(19)11-15;/h3-9,11,13,18,20-21H,10,12H2,1-2H3;1H/t13-,18+;/m1./s1. The first-order valence-electron chi connectivity index (χ1n) is 7.38. The lowest BCUT2D eigenvalue weighted by atomic mass is 10.1. The van der Waals surface area contributed by atoms with Crippen LogP contribution in [0.15, 0.2) is 53.4 Å². The van der Waals surface area contributed by atoms with E-state index in [2.05, 4.69) is 42.8 Å². The van der Waals surface area contributed by atoms with Crippen molar-refractivity contribution in [1.82, 2.24) is 5.32 Å². The Morgan fingerprint density at radius 2 is 1.87 bits per heavy atom. The van der Waals surface area contributed by atoms with Crippen LogP contribution in [0.4, 0.5) is 0 Å². The van der Waals surface area contributed by atoms with Crippen molar-refractivity contribution in [3.05, 3.63) is 64.7 Å². The third-order valence-electron chi connectivity index (χ3n) is 3.59. The van der Waals surface area contributed by atoms with Gasteiger partial charge in [-0.05, 0) is 55.0 Å². The number of aliphatic hydroxyl groups is 1. The van der Waals surface area contributed by atoms with E-state index in [1.807, 2.05) is 18.2 Å². The molecule has 2 nitrogen and oxygen atoms in total. The van der Waals surface area contributed by atoms with Crippen molar-refractivity contribution in [1.29, 1.82) is 0 Å². The fourth-order valence-electron chi connectivity index (χ4n) is 2.33. The van der Waals surface area contributed by atoms with Gasteiger partial charge in [-0.3, -0.25) is 0 Å². The number of benzene rings is 2. The van der Waals surface area contributed by atoms with E-state index in [0.717, 1.165) is 12.0 Å². The number of thioether (sulfide) groups is 1. The van der Waals surface area contributed by atoms with Crippen LogP contribution in [0.5, 0.6) is 0 Å². The van der Waals surface area contributed by atoms with Gasteiger partial charge >= 0.3 is 0 Å². The molecule has 0 aliphatic heterocycles. The monoisotopic (exact) mass is 371 g/mol. The number of hydrogen-bond donors (Lipinski definition) is 2. The van der Waals surface area contributed by atoms with Crippen molar-refractivity contribution in [3.8, 4) is 0 Å². The molecule has 0 amide bonds. The largest absolute Gasteiger partial charge is 0.387 e. The van der Waals surface area contributed by atoms with E-state index in [4.69, 9.17) is 11.6 Å². The second-order valence-electron chi connectivity index (χ2n) is 5.43. The zero-order valence-electron chi connectivity index (χ0n) is 13.3. The quantitative estimate of drug-likeness (QED) is 0.689. The fraction of sp³-hybridized carbons (Fsp3) is 0.333. The molecule has 0 radical (unpaired) electrons. The van der Waals surface area contributed by atoms with E-state index >= 15 is 0 Å². The van der Waals surface area contributed by atoms with Crippen LogP contribution >= 0.6 is 35.8 Å². The Morgan fingerprint density at radius 3 is 2.48 bits per heavy atom. The molecule has 0 saturated heterocycles. The maximum atomic E-state index is 10.2. The molecule has 0 spiro atoms. The molecular weight excluding hydrogens is 349 g/mol. The van der Waals surface area contributed by atoms with Crippen molar-refractivity contribution in [2.75, 3.05) is 12.8 Å². The molecule has 0 heterocycles. The summed E-state index contributed by atoms with van der Waals surface area (Å²) in [7, 11) is 0. The first-order chi connectivity index (χ1) is 10.6. The lowest BCUT2D eigenvalue weighted by molar-refractivity contribution is 0.170. The SMILES string of the molecule is CSc1ccc(C[C@@H](C)NC[C@H](O)c2cccc(Cl)c2)cc1.Cl. The van der Waals surface area contributed by atoms with Crippen LogP contribution in [0.1, 0.15) is 24.2 Å². The molecule has 23 heavy (non-hydrogen) atoms. The summed E-state index contributed by atoms with van der Waals surface area (Å²) in [6, 6.07) is 16.3. The van der Waals surface area contributed by atoms with Crippen LogP contribution in [0.3, 0.4) is 0 Å². The zero-order chi connectivity index (χ0) is 15.9. The first kappa shape index (κ1) is 20.3. The van der Waals surface area contributed by atoms with Crippen molar-refractivity contribution in [2.24, 2.45) is 0 Å². The summed E-state index contributed by atoms with van der Waals surface area (Å²) in [5, 5.41) is 14.2. The van der Waals surface area contributed by atoms with Crippen LogP contribution < -0.4 is 5.32 Å². The Labute approximate surface area is 154 Å². The molecule has 0 aliphatic rings. The summed E-state index contributed by atoms with van der Waals surface area (Å²) < 4.78 is 0. The van der Waals surface area contributed by atoms with Crippen LogP contribution in [0, 0.1) is 0 Å². The van der Waals surface area contributed by atoms with E-state index in [0.29, 0.717) is 17.6 Å². The van der Waals surface area contributed by atoms with Gasteiger partial charge in [-0.25, -0.2) is 0 Å². The van der Waals surface area contributed by atoms with E-state index in [9.17, 15) is 5.11 Å². The highest BCUT2D eigenvalue weighted by molar-refractivity contribution is 7.98. The maximum absolute atomic E-state index is 10.2. The van der Waals surface area contributed by atoms with Gasteiger partial charge in [0.15, 0.2) is 0 Å².